The van der Waals surface area contributed by atoms with Gasteiger partial charge in [-0.15, -0.1) is 0 Å². The second-order valence-electron chi connectivity index (χ2n) is 8.02. The van der Waals surface area contributed by atoms with E-state index in [-0.39, 0.29) is 18.9 Å². The molecule has 1 aromatic heterocycles. The molecule has 0 bridgehead atoms. The number of nitrogens with one attached hydrogen (secondary N) is 2. The number of hydrogen-bond acceptors (Lipinski definition) is 6. The van der Waals surface area contributed by atoms with Gasteiger partial charge in [-0.2, -0.15) is 17.9 Å². The predicted octanol–water partition coefficient (Wildman–Crippen LogP) is 2.70. The van der Waals surface area contributed by atoms with Crippen LogP contribution in [0.5, 0.6) is 0 Å². The van der Waals surface area contributed by atoms with Gasteiger partial charge in [0.25, 0.3) is 0 Å². The fourth-order valence-electron chi connectivity index (χ4n) is 3.74. The molecule has 182 valence electrons. The smallest absolute Gasteiger partial charge is 0.341 e. The maximum absolute atomic E-state index is 13.4. The summed E-state index contributed by atoms with van der Waals surface area (Å²) in [4.78, 5) is 17.6. The molecule has 1 aliphatic heterocycles. The summed E-state index contributed by atoms with van der Waals surface area (Å²) in [6.07, 6.45) is -0.540. The fraction of sp³-hybridized carbons (Fsp3) is 0.500. The molecule has 1 aliphatic rings. The van der Waals surface area contributed by atoms with Crippen LogP contribution < -0.4 is 10.2 Å². The Kier molecular flexibility index (Phi) is 7.65. The lowest BCUT2D eigenvalue weighted by Crippen LogP contribution is -2.51. The second-order valence-corrected chi connectivity index (χ2v) is 9.70. The minimum atomic E-state index is -4.88. The van der Waals surface area contributed by atoms with Crippen molar-refractivity contribution in [2.24, 2.45) is 5.92 Å². The van der Waals surface area contributed by atoms with E-state index in [1.165, 1.54) is 27.9 Å². The van der Waals surface area contributed by atoms with Gasteiger partial charge in [-0.05, 0) is 37.3 Å². The van der Waals surface area contributed by atoms with Crippen molar-refractivity contribution in [3.05, 3.63) is 42.2 Å². The number of benzene rings is 1. The SMILES string of the molecule is CC1CCN(C(=O)C(CCn2ccnc2NO)NS(=O)(=O)c2ccccc2C(F)(F)F)CC1. The number of nitrogens with zero attached hydrogens (tertiary/aromatic N) is 3. The Bertz CT molecular complexity index is 1070. The molecule has 2 aromatic rings. The summed E-state index contributed by atoms with van der Waals surface area (Å²) < 4.78 is 69.8. The van der Waals surface area contributed by atoms with E-state index in [1.807, 2.05) is 5.48 Å². The van der Waals surface area contributed by atoms with Crippen molar-refractivity contribution in [2.75, 3.05) is 18.6 Å². The number of aryl methyl sites for hydroxylation is 1. The number of sulfonamides is 1. The van der Waals surface area contributed by atoms with Crippen molar-refractivity contribution >= 4 is 21.9 Å². The van der Waals surface area contributed by atoms with Gasteiger partial charge in [0.05, 0.1) is 10.5 Å². The van der Waals surface area contributed by atoms with Crippen LogP contribution >= 0.6 is 0 Å². The average Bonchev–Trinajstić information content (AvgIpc) is 3.23. The van der Waals surface area contributed by atoms with Gasteiger partial charge in [0.1, 0.15) is 6.04 Å². The summed E-state index contributed by atoms with van der Waals surface area (Å²) >= 11 is 0. The summed E-state index contributed by atoms with van der Waals surface area (Å²) in [5.41, 5.74) is 0.579. The van der Waals surface area contributed by atoms with Crippen LogP contribution in [0.25, 0.3) is 0 Å². The third-order valence-electron chi connectivity index (χ3n) is 5.65. The van der Waals surface area contributed by atoms with Crippen LogP contribution in [0.15, 0.2) is 41.6 Å². The van der Waals surface area contributed by atoms with Gasteiger partial charge < -0.3 is 9.47 Å². The van der Waals surface area contributed by atoms with Crippen LogP contribution in [0.2, 0.25) is 0 Å². The molecule has 1 fully saturated rings. The molecule has 3 rings (SSSR count). The third-order valence-corrected chi connectivity index (χ3v) is 7.18. The molecule has 2 heterocycles. The summed E-state index contributed by atoms with van der Waals surface area (Å²) in [7, 11) is -4.68. The van der Waals surface area contributed by atoms with E-state index < -0.39 is 38.6 Å². The molecule has 1 amide bonds. The molecule has 1 aromatic carbocycles. The third kappa shape index (κ3) is 6.03. The highest BCUT2D eigenvalue weighted by atomic mass is 32.2. The van der Waals surface area contributed by atoms with Gasteiger partial charge in [0.15, 0.2) is 0 Å². The van der Waals surface area contributed by atoms with Crippen LogP contribution in [-0.2, 0) is 27.5 Å². The Hall–Kier alpha value is -2.64. The maximum Gasteiger partial charge on any atom is 0.417 e. The van der Waals surface area contributed by atoms with Crippen LogP contribution in [0, 0.1) is 5.92 Å². The fourth-order valence-corrected chi connectivity index (χ4v) is 5.19. The molecule has 13 heteroatoms. The molecule has 9 nitrogen and oxygen atoms in total. The minimum absolute atomic E-state index is 0.0661. The molecule has 33 heavy (non-hydrogen) atoms. The number of amides is 1. The Morgan fingerprint density at radius 2 is 1.94 bits per heavy atom. The Morgan fingerprint density at radius 1 is 1.27 bits per heavy atom. The van der Waals surface area contributed by atoms with E-state index in [4.69, 9.17) is 5.21 Å². The minimum Gasteiger partial charge on any atom is -0.341 e. The number of carbonyl (C=O) groups is 1. The lowest BCUT2D eigenvalue weighted by Gasteiger charge is -2.33. The zero-order chi connectivity index (χ0) is 24.2. The molecule has 0 spiro atoms. The van der Waals surface area contributed by atoms with Crippen molar-refractivity contribution < 1.29 is 31.6 Å². The first kappa shape index (κ1) is 25.0. The number of carbonyl (C=O) groups excluding carboxylic acids is 1. The first-order valence-corrected chi connectivity index (χ1v) is 11.9. The molecule has 1 atom stereocenters. The molecule has 0 aliphatic carbocycles. The topological polar surface area (TPSA) is 117 Å². The first-order chi connectivity index (χ1) is 15.5. The van der Waals surface area contributed by atoms with Crippen molar-refractivity contribution in [3.63, 3.8) is 0 Å². The van der Waals surface area contributed by atoms with E-state index in [9.17, 15) is 26.4 Å². The van der Waals surface area contributed by atoms with Gasteiger partial charge in [0, 0.05) is 32.0 Å². The summed E-state index contributed by atoms with van der Waals surface area (Å²) in [6.45, 7) is 3.00. The molecule has 1 saturated heterocycles. The maximum atomic E-state index is 13.4. The second kappa shape index (κ2) is 10.1. The highest BCUT2D eigenvalue weighted by Gasteiger charge is 2.38. The summed E-state index contributed by atoms with van der Waals surface area (Å²) in [6, 6.07) is 2.53. The quantitative estimate of drug-likeness (QED) is 0.491. The lowest BCUT2D eigenvalue weighted by molar-refractivity contribution is -0.139. The van der Waals surface area contributed by atoms with Crippen LogP contribution in [-0.4, -0.2) is 53.1 Å². The van der Waals surface area contributed by atoms with Crippen molar-refractivity contribution in [1.82, 2.24) is 19.2 Å². The zero-order valence-corrected chi connectivity index (χ0v) is 18.7. The number of imidazole rings is 1. The number of anilines is 1. The van der Waals surface area contributed by atoms with Crippen LogP contribution in [0.1, 0.15) is 31.7 Å². The molecule has 0 saturated carbocycles. The van der Waals surface area contributed by atoms with Crippen molar-refractivity contribution in [2.45, 2.75) is 49.8 Å². The van der Waals surface area contributed by atoms with Gasteiger partial charge in [-0.25, -0.2) is 18.9 Å². The number of likely N-dealkylation sites (tertiary alicyclic amines) is 1. The summed E-state index contributed by atoms with van der Waals surface area (Å²) in [5.74, 6) is -0.00107. The highest BCUT2D eigenvalue weighted by Crippen LogP contribution is 2.34. The standard InChI is InChI=1S/C20H26F3N5O4S/c1-14-6-10-27(11-7-14)18(29)16(8-12-28-13-9-24-19(28)25-30)26-33(31,32)17-5-3-2-4-15(17)20(21,22)23/h2-5,9,13-14,16,26,30H,6-8,10-12H2,1H3,(H,24,25). The number of aromatic nitrogens is 2. The van der Waals surface area contributed by atoms with Crippen LogP contribution in [0.4, 0.5) is 19.1 Å². The molecule has 0 radical (unpaired) electrons. The predicted molar refractivity (Wildman–Crippen MR) is 113 cm³/mol. The van der Waals surface area contributed by atoms with Gasteiger partial charge in [-0.1, -0.05) is 19.1 Å². The van der Waals surface area contributed by atoms with E-state index >= 15 is 0 Å². The largest absolute Gasteiger partial charge is 0.417 e. The first-order valence-electron chi connectivity index (χ1n) is 10.4. The van der Waals surface area contributed by atoms with Gasteiger partial charge >= 0.3 is 6.18 Å². The number of halogens is 3. The Morgan fingerprint density at radius 3 is 2.58 bits per heavy atom. The molecular weight excluding hydrogens is 463 g/mol. The van der Waals surface area contributed by atoms with E-state index in [0.717, 1.165) is 25.0 Å². The average molecular weight is 490 g/mol. The number of piperidine rings is 1. The highest BCUT2D eigenvalue weighted by molar-refractivity contribution is 7.89. The molecule has 1 unspecified atom stereocenters. The van der Waals surface area contributed by atoms with Crippen molar-refractivity contribution in [1.29, 1.82) is 0 Å². The molecular formula is C20H26F3N5O4S. The normalized spacial score (nSPS) is 16.6. The Labute approximate surface area is 189 Å². The lowest BCUT2D eigenvalue weighted by atomic mass is 9.98. The molecule has 3 N–H and O–H groups in total. The number of rotatable bonds is 8. The monoisotopic (exact) mass is 489 g/mol. The zero-order valence-electron chi connectivity index (χ0n) is 17.9. The Balaban J connectivity index is 1.88. The van der Waals surface area contributed by atoms with E-state index in [1.54, 1.807) is 0 Å². The van der Waals surface area contributed by atoms with E-state index in [2.05, 4.69) is 16.6 Å². The number of hydrogen-bond donors (Lipinski definition) is 3. The summed E-state index contributed by atoms with van der Waals surface area (Å²) in [5, 5.41) is 9.13. The van der Waals surface area contributed by atoms with Gasteiger partial charge in [0.2, 0.25) is 21.9 Å². The van der Waals surface area contributed by atoms with Crippen LogP contribution in [0.3, 0.4) is 0 Å². The van der Waals surface area contributed by atoms with Crippen molar-refractivity contribution in [3.8, 4) is 0 Å². The van der Waals surface area contributed by atoms with Gasteiger partial charge in [-0.3, -0.25) is 10.0 Å². The van der Waals surface area contributed by atoms with E-state index in [0.29, 0.717) is 25.1 Å². The number of alkyl halides is 3.